The van der Waals surface area contributed by atoms with Crippen molar-refractivity contribution < 1.29 is 9.53 Å². The smallest absolute Gasteiger partial charge is 0.264 e. The van der Waals surface area contributed by atoms with E-state index >= 15 is 0 Å². The Morgan fingerprint density at radius 3 is 2.88 bits per heavy atom. The van der Waals surface area contributed by atoms with Crippen LogP contribution in [-0.4, -0.2) is 19.1 Å². The summed E-state index contributed by atoms with van der Waals surface area (Å²) in [6.07, 6.45) is 1.82. The Hall–Kier alpha value is -1.91. The van der Waals surface area contributed by atoms with Gasteiger partial charge in [0.05, 0.1) is 0 Å². The van der Waals surface area contributed by atoms with Crippen LogP contribution in [0.25, 0.3) is 0 Å². The molecular weight excluding hydrogens is 347 g/mol. The van der Waals surface area contributed by atoms with Crippen molar-refractivity contribution in [3.05, 3.63) is 52.5 Å². The van der Waals surface area contributed by atoms with Gasteiger partial charge in [-0.1, -0.05) is 17.7 Å². The fourth-order valence-electron chi connectivity index (χ4n) is 2.84. The molecule has 2 aromatic carbocycles. The Labute approximate surface area is 153 Å². The standard InChI is InChI=1S/C18H19ClN2O2.ClH/c1-12-10-13(7-8-15(12)19)23-11-18(22)21-9-3-4-14-16(20)5-2-6-17(14)21;/h2,5-8,10H,3-4,9,11,20H2,1H3;1H. The summed E-state index contributed by atoms with van der Waals surface area (Å²) in [6.45, 7) is 2.59. The normalized spacial score (nSPS) is 13.0. The molecule has 0 aromatic heterocycles. The first-order chi connectivity index (χ1) is 11.1. The molecule has 6 heteroatoms. The maximum Gasteiger partial charge on any atom is 0.264 e. The summed E-state index contributed by atoms with van der Waals surface area (Å²) in [5.41, 5.74) is 9.64. The molecular formula is C18H20Cl2N2O2. The van der Waals surface area contributed by atoms with E-state index in [1.54, 1.807) is 17.0 Å². The molecule has 1 amide bonds. The van der Waals surface area contributed by atoms with Gasteiger partial charge in [0.15, 0.2) is 6.61 Å². The van der Waals surface area contributed by atoms with Crippen molar-refractivity contribution in [1.82, 2.24) is 0 Å². The minimum Gasteiger partial charge on any atom is -0.484 e. The Balaban J connectivity index is 0.00000208. The van der Waals surface area contributed by atoms with E-state index in [4.69, 9.17) is 22.1 Å². The summed E-state index contributed by atoms with van der Waals surface area (Å²) in [5, 5.41) is 0.684. The third kappa shape index (κ3) is 3.77. The molecule has 1 aliphatic heterocycles. The molecule has 3 rings (SSSR count). The first-order valence-electron chi connectivity index (χ1n) is 7.63. The maximum absolute atomic E-state index is 12.5. The molecule has 0 fully saturated rings. The second kappa shape index (κ2) is 7.77. The molecule has 0 aliphatic carbocycles. The minimum atomic E-state index is -0.0656. The van der Waals surface area contributed by atoms with Gasteiger partial charge in [0.1, 0.15) is 5.75 Å². The molecule has 0 saturated heterocycles. The van der Waals surface area contributed by atoms with E-state index < -0.39 is 0 Å². The van der Waals surface area contributed by atoms with Crippen LogP contribution in [0.3, 0.4) is 0 Å². The highest BCUT2D eigenvalue weighted by molar-refractivity contribution is 6.31. The number of rotatable bonds is 3. The molecule has 1 aliphatic rings. The van der Waals surface area contributed by atoms with Crippen molar-refractivity contribution in [3.63, 3.8) is 0 Å². The molecule has 4 nitrogen and oxygen atoms in total. The predicted molar refractivity (Wildman–Crippen MR) is 100 cm³/mol. The Kier molecular flexibility index (Phi) is 5.97. The molecule has 0 saturated carbocycles. The van der Waals surface area contributed by atoms with Gasteiger partial charge >= 0.3 is 0 Å². The zero-order chi connectivity index (χ0) is 16.4. The van der Waals surface area contributed by atoms with Gasteiger partial charge in [-0.15, -0.1) is 12.4 Å². The summed E-state index contributed by atoms with van der Waals surface area (Å²) in [4.78, 5) is 14.3. The van der Waals surface area contributed by atoms with Crippen molar-refractivity contribution in [2.45, 2.75) is 19.8 Å². The lowest BCUT2D eigenvalue weighted by Crippen LogP contribution is -2.38. The molecule has 0 unspecified atom stereocenters. The summed E-state index contributed by atoms with van der Waals surface area (Å²) >= 11 is 5.99. The number of ether oxygens (including phenoxy) is 1. The van der Waals surface area contributed by atoms with E-state index in [0.717, 1.165) is 35.3 Å². The fraction of sp³-hybridized carbons (Fsp3) is 0.278. The molecule has 0 bridgehead atoms. The van der Waals surface area contributed by atoms with Crippen molar-refractivity contribution in [2.24, 2.45) is 0 Å². The number of amides is 1. The number of carbonyl (C=O) groups excluding carboxylic acids is 1. The third-order valence-electron chi connectivity index (χ3n) is 4.08. The van der Waals surface area contributed by atoms with Gasteiger partial charge < -0.3 is 15.4 Å². The Bertz CT molecular complexity index is 750. The molecule has 0 radical (unpaired) electrons. The van der Waals surface area contributed by atoms with Crippen LogP contribution in [0.15, 0.2) is 36.4 Å². The lowest BCUT2D eigenvalue weighted by Gasteiger charge is -2.30. The quantitative estimate of drug-likeness (QED) is 0.834. The first-order valence-corrected chi connectivity index (χ1v) is 8.01. The second-order valence-electron chi connectivity index (χ2n) is 5.69. The number of fused-ring (bicyclic) bond motifs is 1. The molecule has 24 heavy (non-hydrogen) atoms. The topological polar surface area (TPSA) is 55.6 Å². The van der Waals surface area contributed by atoms with Gasteiger partial charge in [-0.2, -0.15) is 0 Å². The summed E-state index contributed by atoms with van der Waals surface area (Å²) in [6, 6.07) is 11.1. The van der Waals surface area contributed by atoms with Gasteiger partial charge in [0.25, 0.3) is 5.91 Å². The number of hydrogen-bond donors (Lipinski definition) is 1. The highest BCUT2D eigenvalue weighted by atomic mass is 35.5. The van der Waals surface area contributed by atoms with Crippen LogP contribution >= 0.6 is 24.0 Å². The van der Waals surface area contributed by atoms with Gasteiger partial charge in [0.2, 0.25) is 0 Å². The molecule has 1 heterocycles. The SMILES string of the molecule is Cc1cc(OCC(=O)N2CCCc3c(N)cccc32)ccc1Cl.Cl. The Morgan fingerprint density at radius 2 is 2.12 bits per heavy atom. The average Bonchev–Trinajstić information content (AvgIpc) is 2.55. The largest absolute Gasteiger partial charge is 0.484 e. The van der Waals surface area contributed by atoms with E-state index in [2.05, 4.69) is 0 Å². The van der Waals surface area contributed by atoms with Gasteiger partial charge in [-0.05, 0) is 61.2 Å². The highest BCUT2D eigenvalue weighted by Gasteiger charge is 2.23. The van der Waals surface area contributed by atoms with Crippen LogP contribution in [-0.2, 0) is 11.2 Å². The molecule has 0 spiro atoms. The maximum atomic E-state index is 12.5. The summed E-state index contributed by atoms with van der Waals surface area (Å²) < 4.78 is 5.62. The summed E-state index contributed by atoms with van der Waals surface area (Å²) in [7, 11) is 0. The van der Waals surface area contributed by atoms with Crippen LogP contribution in [0.2, 0.25) is 5.02 Å². The number of nitrogen functional groups attached to an aromatic ring is 1. The number of anilines is 2. The monoisotopic (exact) mass is 366 g/mol. The van der Waals surface area contributed by atoms with Crippen LogP contribution in [0, 0.1) is 6.92 Å². The number of nitrogens with two attached hydrogens (primary N) is 1. The van der Waals surface area contributed by atoms with Crippen LogP contribution in [0.1, 0.15) is 17.5 Å². The number of aryl methyl sites for hydroxylation is 1. The zero-order valence-electron chi connectivity index (χ0n) is 13.4. The molecule has 2 N–H and O–H groups in total. The van der Waals surface area contributed by atoms with Crippen LogP contribution in [0.4, 0.5) is 11.4 Å². The van der Waals surface area contributed by atoms with Crippen molar-refractivity contribution in [2.75, 3.05) is 23.8 Å². The van der Waals surface area contributed by atoms with Crippen molar-refractivity contribution in [1.29, 1.82) is 0 Å². The van der Waals surface area contributed by atoms with Crippen LogP contribution in [0.5, 0.6) is 5.75 Å². The lowest BCUT2D eigenvalue weighted by molar-refractivity contribution is -0.120. The minimum absolute atomic E-state index is 0. The molecule has 0 atom stereocenters. The number of carbonyl (C=O) groups is 1. The van der Waals surface area contributed by atoms with Gasteiger partial charge in [-0.3, -0.25) is 4.79 Å². The zero-order valence-corrected chi connectivity index (χ0v) is 15.0. The number of halogens is 2. The van der Waals surface area contributed by atoms with Crippen molar-refractivity contribution >= 4 is 41.3 Å². The highest BCUT2D eigenvalue weighted by Crippen LogP contribution is 2.31. The van der Waals surface area contributed by atoms with Crippen molar-refractivity contribution in [3.8, 4) is 5.75 Å². The molecule has 2 aromatic rings. The first kappa shape index (κ1) is 18.4. The fourth-order valence-corrected chi connectivity index (χ4v) is 2.96. The predicted octanol–water partition coefficient (Wildman–Crippen LogP) is 4.01. The Morgan fingerprint density at radius 1 is 1.33 bits per heavy atom. The van der Waals surface area contributed by atoms with E-state index in [9.17, 15) is 4.79 Å². The third-order valence-corrected chi connectivity index (χ3v) is 4.50. The average molecular weight is 367 g/mol. The van der Waals surface area contributed by atoms with Crippen LogP contribution < -0.4 is 15.4 Å². The van der Waals surface area contributed by atoms with E-state index in [1.165, 1.54) is 0 Å². The number of hydrogen-bond acceptors (Lipinski definition) is 3. The van der Waals surface area contributed by atoms with E-state index in [0.29, 0.717) is 17.3 Å². The molecule has 128 valence electrons. The van der Waals surface area contributed by atoms with Gasteiger partial charge in [0, 0.05) is 22.9 Å². The van der Waals surface area contributed by atoms with E-state index in [-0.39, 0.29) is 24.9 Å². The summed E-state index contributed by atoms with van der Waals surface area (Å²) in [5.74, 6) is 0.578. The second-order valence-corrected chi connectivity index (χ2v) is 6.10. The van der Waals surface area contributed by atoms with Gasteiger partial charge in [-0.25, -0.2) is 0 Å². The van der Waals surface area contributed by atoms with E-state index in [1.807, 2.05) is 31.2 Å². The number of benzene rings is 2. The number of nitrogens with zero attached hydrogens (tertiary/aromatic N) is 1. The lowest BCUT2D eigenvalue weighted by atomic mass is 10.00.